The van der Waals surface area contributed by atoms with Gasteiger partial charge in [0.05, 0.1) is 29.2 Å². The molecule has 28 heavy (non-hydrogen) atoms. The number of thioether (sulfide) groups is 1. The molecular weight excluding hydrogens is 366 g/mol. The second-order valence-corrected chi connectivity index (χ2v) is 8.30. The van der Waals surface area contributed by atoms with Gasteiger partial charge in [-0.2, -0.15) is 5.26 Å². The molecule has 1 fully saturated rings. The van der Waals surface area contributed by atoms with Crippen LogP contribution in [0.2, 0.25) is 0 Å². The molecule has 2 aliphatic heterocycles. The molecule has 5 heteroatoms. The average molecular weight is 390 g/mol. The summed E-state index contributed by atoms with van der Waals surface area (Å²) in [7, 11) is 0. The Morgan fingerprint density at radius 2 is 1.89 bits per heavy atom. The third-order valence-electron chi connectivity index (χ3n) is 5.39. The van der Waals surface area contributed by atoms with Gasteiger partial charge >= 0.3 is 0 Å². The second kappa shape index (κ2) is 8.22. The summed E-state index contributed by atoms with van der Waals surface area (Å²) in [5, 5.41) is 10.7. The molecule has 0 radical (unpaired) electrons. The van der Waals surface area contributed by atoms with Crippen LogP contribution >= 0.6 is 11.8 Å². The van der Waals surface area contributed by atoms with Gasteiger partial charge in [-0.05, 0) is 24.5 Å². The standard InChI is InChI=1S/C23H23N3OS/c1-17-7-9-19(10-8-17)20-13-22(27)26-15-25(16-28-23(26)21(20)14-24)12-11-18-5-3-2-4-6-18/h2-10,20H,11-13,15-16H2,1H3/t20-/m1/s1. The summed E-state index contributed by atoms with van der Waals surface area (Å²) < 4.78 is 0. The Hall–Kier alpha value is -2.55. The number of allylic oxidation sites excluding steroid dienone is 1. The average Bonchev–Trinajstić information content (AvgIpc) is 2.73. The molecule has 0 N–H and O–H groups in total. The zero-order chi connectivity index (χ0) is 19.5. The quantitative estimate of drug-likeness (QED) is 0.784. The third-order valence-corrected chi connectivity index (χ3v) is 6.60. The first-order valence-corrected chi connectivity index (χ1v) is 10.5. The summed E-state index contributed by atoms with van der Waals surface area (Å²) in [6.07, 6.45) is 1.32. The van der Waals surface area contributed by atoms with Crippen LogP contribution in [0.15, 0.2) is 65.2 Å². The van der Waals surface area contributed by atoms with Gasteiger partial charge in [0, 0.05) is 18.9 Å². The fourth-order valence-electron chi connectivity index (χ4n) is 3.76. The van der Waals surface area contributed by atoms with Crippen molar-refractivity contribution in [2.75, 3.05) is 19.1 Å². The van der Waals surface area contributed by atoms with Crippen molar-refractivity contribution in [3.05, 3.63) is 81.9 Å². The number of rotatable bonds is 4. The van der Waals surface area contributed by atoms with E-state index in [1.54, 1.807) is 11.8 Å². The number of hydrogen-bond acceptors (Lipinski definition) is 4. The first-order valence-electron chi connectivity index (χ1n) is 9.56. The van der Waals surface area contributed by atoms with E-state index in [9.17, 15) is 10.1 Å². The van der Waals surface area contributed by atoms with Crippen molar-refractivity contribution in [3.8, 4) is 6.07 Å². The zero-order valence-corrected chi connectivity index (χ0v) is 16.8. The van der Waals surface area contributed by atoms with Gasteiger partial charge in [-0.15, -0.1) is 0 Å². The molecule has 4 rings (SSSR count). The van der Waals surface area contributed by atoms with Crippen LogP contribution in [0.5, 0.6) is 0 Å². The van der Waals surface area contributed by atoms with Gasteiger partial charge in [0.2, 0.25) is 5.91 Å². The van der Waals surface area contributed by atoms with Crippen molar-refractivity contribution >= 4 is 17.7 Å². The van der Waals surface area contributed by atoms with Crippen molar-refractivity contribution in [2.24, 2.45) is 0 Å². The van der Waals surface area contributed by atoms with E-state index < -0.39 is 0 Å². The van der Waals surface area contributed by atoms with Gasteiger partial charge in [-0.25, -0.2) is 0 Å². The zero-order valence-electron chi connectivity index (χ0n) is 16.0. The summed E-state index contributed by atoms with van der Waals surface area (Å²) in [6, 6.07) is 21.0. The van der Waals surface area contributed by atoms with E-state index in [-0.39, 0.29) is 11.8 Å². The molecule has 142 valence electrons. The van der Waals surface area contributed by atoms with Gasteiger partial charge in [-0.3, -0.25) is 14.6 Å². The highest BCUT2D eigenvalue weighted by Gasteiger charge is 2.38. The lowest BCUT2D eigenvalue weighted by atomic mass is 9.86. The van der Waals surface area contributed by atoms with Crippen LogP contribution in [0, 0.1) is 18.3 Å². The lowest BCUT2D eigenvalue weighted by Crippen LogP contribution is -2.47. The smallest absolute Gasteiger partial charge is 0.229 e. The third kappa shape index (κ3) is 3.84. The predicted octanol–water partition coefficient (Wildman–Crippen LogP) is 4.25. The minimum atomic E-state index is -0.132. The van der Waals surface area contributed by atoms with E-state index in [1.807, 2.05) is 42.2 Å². The Morgan fingerprint density at radius 1 is 1.14 bits per heavy atom. The molecule has 1 amide bonds. The maximum absolute atomic E-state index is 12.9. The number of amides is 1. The molecule has 0 spiro atoms. The van der Waals surface area contributed by atoms with Crippen molar-refractivity contribution < 1.29 is 4.79 Å². The molecule has 2 aromatic carbocycles. The molecule has 4 nitrogen and oxygen atoms in total. The Morgan fingerprint density at radius 3 is 2.61 bits per heavy atom. The maximum Gasteiger partial charge on any atom is 0.229 e. The van der Waals surface area contributed by atoms with Gasteiger partial charge in [0.1, 0.15) is 0 Å². The van der Waals surface area contributed by atoms with E-state index in [0.717, 1.165) is 35.0 Å². The molecule has 2 aliphatic rings. The van der Waals surface area contributed by atoms with Crippen LogP contribution in [0.25, 0.3) is 0 Å². The van der Waals surface area contributed by atoms with Crippen molar-refractivity contribution in [3.63, 3.8) is 0 Å². The summed E-state index contributed by atoms with van der Waals surface area (Å²) >= 11 is 1.62. The van der Waals surface area contributed by atoms with Crippen LogP contribution in [0.3, 0.4) is 0 Å². The number of nitrogens with zero attached hydrogens (tertiary/aromatic N) is 3. The fourth-order valence-corrected chi connectivity index (χ4v) is 4.94. The largest absolute Gasteiger partial charge is 0.292 e. The maximum atomic E-state index is 12.9. The van der Waals surface area contributed by atoms with Crippen LogP contribution in [-0.4, -0.2) is 34.8 Å². The Balaban J connectivity index is 1.51. The van der Waals surface area contributed by atoms with Gasteiger partial charge in [0.25, 0.3) is 0 Å². The van der Waals surface area contributed by atoms with E-state index in [0.29, 0.717) is 13.1 Å². The Kier molecular flexibility index (Phi) is 5.52. The van der Waals surface area contributed by atoms with Gasteiger partial charge in [-0.1, -0.05) is 71.9 Å². The number of aryl methyl sites for hydroxylation is 1. The van der Waals surface area contributed by atoms with Crippen LogP contribution < -0.4 is 0 Å². The van der Waals surface area contributed by atoms with E-state index in [4.69, 9.17) is 0 Å². The van der Waals surface area contributed by atoms with Crippen LogP contribution in [0.1, 0.15) is 29.0 Å². The minimum Gasteiger partial charge on any atom is -0.292 e. The molecule has 2 heterocycles. The highest BCUT2D eigenvalue weighted by atomic mass is 32.2. The second-order valence-electron chi connectivity index (χ2n) is 7.36. The van der Waals surface area contributed by atoms with E-state index in [1.165, 1.54) is 11.1 Å². The van der Waals surface area contributed by atoms with E-state index in [2.05, 4.69) is 35.2 Å². The van der Waals surface area contributed by atoms with Crippen LogP contribution in [-0.2, 0) is 11.2 Å². The lowest BCUT2D eigenvalue weighted by molar-refractivity contribution is -0.131. The van der Waals surface area contributed by atoms with Crippen molar-refractivity contribution in [2.45, 2.75) is 25.7 Å². The number of fused-ring (bicyclic) bond motifs is 1. The van der Waals surface area contributed by atoms with Crippen molar-refractivity contribution in [1.29, 1.82) is 5.26 Å². The topological polar surface area (TPSA) is 47.3 Å². The Bertz CT molecular complexity index is 931. The molecule has 0 saturated carbocycles. The lowest BCUT2D eigenvalue weighted by Gasteiger charge is -2.41. The van der Waals surface area contributed by atoms with E-state index >= 15 is 0 Å². The molecule has 0 aromatic heterocycles. The summed E-state index contributed by atoms with van der Waals surface area (Å²) in [5.41, 5.74) is 4.27. The summed E-state index contributed by atoms with van der Waals surface area (Å²) in [4.78, 5) is 17.0. The predicted molar refractivity (Wildman–Crippen MR) is 112 cm³/mol. The molecule has 0 aliphatic carbocycles. The number of carbonyl (C=O) groups is 1. The first kappa shape index (κ1) is 18.8. The monoisotopic (exact) mass is 389 g/mol. The van der Waals surface area contributed by atoms with Crippen molar-refractivity contribution in [1.82, 2.24) is 9.80 Å². The van der Waals surface area contributed by atoms with Crippen LogP contribution in [0.4, 0.5) is 0 Å². The normalized spacial score (nSPS) is 20.1. The Labute approximate surface area is 170 Å². The van der Waals surface area contributed by atoms with Gasteiger partial charge < -0.3 is 0 Å². The molecule has 1 saturated heterocycles. The highest BCUT2D eigenvalue weighted by molar-refractivity contribution is 8.03. The molecule has 2 aromatic rings. The minimum absolute atomic E-state index is 0.108. The SMILES string of the molecule is Cc1ccc([C@H]2CC(=O)N3CN(CCc4ccccc4)CSC3=C2C#N)cc1. The molecular formula is C23H23N3OS. The molecule has 0 bridgehead atoms. The highest BCUT2D eigenvalue weighted by Crippen LogP contribution is 2.42. The summed E-state index contributed by atoms with van der Waals surface area (Å²) in [6.45, 7) is 3.51. The first-order chi connectivity index (χ1) is 13.7. The molecule has 1 atom stereocenters. The number of nitriles is 1. The number of hydrogen-bond donors (Lipinski definition) is 0. The molecule has 0 unspecified atom stereocenters. The van der Waals surface area contributed by atoms with Gasteiger partial charge in [0.15, 0.2) is 0 Å². The number of benzene rings is 2. The number of carbonyl (C=O) groups excluding carboxylic acids is 1. The summed E-state index contributed by atoms with van der Waals surface area (Å²) in [5.74, 6) is 0.779. The fraction of sp³-hybridized carbons (Fsp3) is 0.304.